The molecule has 0 aliphatic heterocycles. The van der Waals surface area contributed by atoms with Gasteiger partial charge in [-0.1, -0.05) is 17.7 Å². The minimum absolute atomic E-state index is 0.152. The van der Waals surface area contributed by atoms with E-state index in [4.69, 9.17) is 11.6 Å². The lowest BCUT2D eigenvalue weighted by Crippen LogP contribution is -2.19. The van der Waals surface area contributed by atoms with Crippen LogP contribution < -0.4 is 10.6 Å². The van der Waals surface area contributed by atoms with Gasteiger partial charge in [0.1, 0.15) is 0 Å². The van der Waals surface area contributed by atoms with Crippen LogP contribution in [-0.4, -0.2) is 6.03 Å². The molecule has 0 saturated carbocycles. The zero-order chi connectivity index (χ0) is 14.7. The summed E-state index contributed by atoms with van der Waals surface area (Å²) in [6.45, 7) is 1.84. The van der Waals surface area contributed by atoms with Crippen LogP contribution in [0.4, 0.5) is 25.0 Å². The molecular weight excluding hydrogens is 286 g/mol. The largest absolute Gasteiger partial charge is 0.323 e. The van der Waals surface area contributed by atoms with Gasteiger partial charge in [-0.25, -0.2) is 13.6 Å². The Morgan fingerprint density at radius 3 is 2.20 bits per heavy atom. The second-order valence-electron chi connectivity index (χ2n) is 4.17. The number of benzene rings is 2. The molecule has 0 spiro atoms. The number of halogens is 3. The summed E-state index contributed by atoms with van der Waals surface area (Å²) in [7, 11) is 0. The molecule has 20 heavy (non-hydrogen) atoms. The molecule has 0 radical (unpaired) electrons. The predicted octanol–water partition coefficient (Wildman–Crippen LogP) is 4.57. The van der Waals surface area contributed by atoms with Gasteiger partial charge in [-0.15, -0.1) is 0 Å². The molecule has 3 nitrogen and oxygen atoms in total. The van der Waals surface area contributed by atoms with Crippen LogP contribution in [0.3, 0.4) is 0 Å². The Morgan fingerprint density at radius 2 is 1.60 bits per heavy atom. The summed E-state index contributed by atoms with van der Waals surface area (Å²) in [5, 5.41) is 5.46. The van der Waals surface area contributed by atoms with Crippen LogP contribution in [0.25, 0.3) is 0 Å². The highest BCUT2D eigenvalue weighted by Gasteiger charge is 2.07. The van der Waals surface area contributed by atoms with E-state index < -0.39 is 17.7 Å². The van der Waals surface area contributed by atoms with Gasteiger partial charge in [-0.2, -0.15) is 0 Å². The van der Waals surface area contributed by atoms with Crippen LogP contribution >= 0.6 is 11.6 Å². The maximum atomic E-state index is 13.0. The summed E-state index contributed by atoms with van der Waals surface area (Å²) in [5.74, 6) is -2.00. The van der Waals surface area contributed by atoms with Crippen LogP contribution in [-0.2, 0) is 0 Å². The molecule has 0 aliphatic carbocycles. The van der Waals surface area contributed by atoms with Gasteiger partial charge < -0.3 is 10.6 Å². The average Bonchev–Trinajstić information content (AvgIpc) is 2.38. The van der Waals surface area contributed by atoms with Gasteiger partial charge in [0.15, 0.2) is 11.6 Å². The minimum Gasteiger partial charge on any atom is -0.308 e. The highest BCUT2D eigenvalue weighted by Crippen LogP contribution is 2.20. The Labute approximate surface area is 119 Å². The fourth-order valence-corrected chi connectivity index (χ4v) is 1.72. The summed E-state index contributed by atoms with van der Waals surface area (Å²) in [5.41, 5.74) is 1.54. The molecule has 0 aliphatic rings. The van der Waals surface area contributed by atoms with Crippen molar-refractivity contribution in [2.24, 2.45) is 0 Å². The molecule has 0 atom stereocenters. The summed E-state index contributed by atoms with van der Waals surface area (Å²) < 4.78 is 25.7. The fraction of sp³-hybridized carbons (Fsp3) is 0.0714. The molecule has 2 rings (SSSR count). The lowest BCUT2D eigenvalue weighted by Gasteiger charge is -2.09. The van der Waals surface area contributed by atoms with Crippen molar-refractivity contribution in [3.63, 3.8) is 0 Å². The number of nitrogens with one attached hydrogen (secondary N) is 2. The smallest absolute Gasteiger partial charge is 0.308 e. The number of urea groups is 1. The first kappa shape index (κ1) is 14.3. The van der Waals surface area contributed by atoms with Crippen molar-refractivity contribution in [2.45, 2.75) is 6.92 Å². The molecule has 0 heterocycles. The standard InChI is InChI=1S/C14H11ClF2N2O/c1-8-2-3-9(6-11(8)15)18-14(20)19-10-4-5-12(16)13(17)7-10/h2-7H,1H3,(H2,18,19,20). The van der Waals surface area contributed by atoms with Crippen LogP contribution in [0.5, 0.6) is 0 Å². The van der Waals surface area contributed by atoms with Crippen LogP contribution in [0, 0.1) is 18.6 Å². The molecule has 6 heteroatoms. The maximum Gasteiger partial charge on any atom is 0.323 e. The normalized spacial score (nSPS) is 10.2. The third-order valence-corrected chi connectivity index (χ3v) is 3.01. The van der Waals surface area contributed by atoms with E-state index in [0.29, 0.717) is 10.7 Å². The number of amides is 2. The second-order valence-corrected chi connectivity index (χ2v) is 4.58. The molecular formula is C14H11ClF2N2O. The predicted molar refractivity (Wildman–Crippen MR) is 75.2 cm³/mol. The van der Waals surface area contributed by atoms with E-state index >= 15 is 0 Å². The quantitative estimate of drug-likeness (QED) is 0.837. The molecule has 2 amide bonds. The van der Waals surface area contributed by atoms with E-state index in [-0.39, 0.29) is 5.69 Å². The van der Waals surface area contributed by atoms with E-state index in [2.05, 4.69) is 10.6 Å². The number of hydrogen-bond donors (Lipinski definition) is 2. The Kier molecular flexibility index (Phi) is 4.20. The number of aryl methyl sites for hydroxylation is 1. The summed E-state index contributed by atoms with van der Waals surface area (Å²) >= 11 is 5.93. The number of rotatable bonds is 2. The van der Waals surface area contributed by atoms with E-state index in [9.17, 15) is 13.6 Å². The molecule has 0 bridgehead atoms. The van der Waals surface area contributed by atoms with E-state index in [1.807, 2.05) is 6.92 Å². The van der Waals surface area contributed by atoms with Crippen molar-refractivity contribution in [2.75, 3.05) is 10.6 Å². The molecule has 2 aromatic carbocycles. The molecule has 0 saturated heterocycles. The molecule has 104 valence electrons. The van der Waals surface area contributed by atoms with Gasteiger partial charge in [-0.3, -0.25) is 0 Å². The van der Waals surface area contributed by atoms with Gasteiger partial charge in [-0.05, 0) is 36.8 Å². The highest BCUT2D eigenvalue weighted by atomic mass is 35.5. The number of anilines is 2. The van der Waals surface area contributed by atoms with Crippen molar-refractivity contribution in [1.29, 1.82) is 0 Å². The van der Waals surface area contributed by atoms with Crippen LogP contribution in [0.1, 0.15) is 5.56 Å². The molecule has 0 unspecified atom stereocenters. The lowest BCUT2D eigenvalue weighted by molar-refractivity contribution is 0.262. The first-order chi connectivity index (χ1) is 9.45. The van der Waals surface area contributed by atoms with Gasteiger partial charge in [0.2, 0.25) is 0 Å². The Morgan fingerprint density at radius 1 is 1.00 bits per heavy atom. The van der Waals surface area contributed by atoms with E-state index in [1.54, 1.807) is 18.2 Å². The van der Waals surface area contributed by atoms with Gasteiger partial charge >= 0.3 is 6.03 Å². The zero-order valence-corrected chi connectivity index (χ0v) is 11.3. The van der Waals surface area contributed by atoms with Gasteiger partial charge in [0, 0.05) is 22.5 Å². The monoisotopic (exact) mass is 296 g/mol. The Bertz CT molecular complexity index is 606. The first-order valence-electron chi connectivity index (χ1n) is 5.75. The SMILES string of the molecule is Cc1ccc(NC(=O)Nc2ccc(F)c(F)c2)cc1Cl. The number of carbonyl (C=O) groups excluding carboxylic acids is 1. The fourth-order valence-electron chi connectivity index (χ4n) is 1.54. The lowest BCUT2D eigenvalue weighted by atomic mass is 10.2. The molecule has 0 fully saturated rings. The number of carbonyl (C=O) groups is 1. The summed E-state index contributed by atoms with van der Waals surface area (Å²) in [6, 6.07) is 7.57. The maximum absolute atomic E-state index is 13.0. The third kappa shape index (κ3) is 3.45. The van der Waals surface area contributed by atoms with Gasteiger partial charge in [0.05, 0.1) is 0 Å². The highest BCUT2D eigenvalue weighted by molar-refractivity contribution is 6.31. The third-order valence-electron chi connectivity index (χ3n) is 2.61. The van der Waals surface area contributed by atoms with Crippen molar-refractivity contribution in [3.05, 3.63) is 58.6 Å². The number of hydrogen-bond acceptors (Lipinski definition) is 1. The molecule has 2 aromatic rings. The summed E-state index contributed by atoms with van der Waals surface area (Å²) in [4.78, 5) is 11.7. The summed E-state index contributed by atoms with van der Waals surface area (Å²) in [6.07, 6.45) is 0. The first-order valence-corrected chi connectivity index (χ1v) is 6.13. The molecule has 0 aromatic heterocycles. The van der Waals surface area contributed by atoms with Crippen molar-refractivity contribution in [1.82, 2.24) is 0 Å². The van der Waals surface area contributed by atoms with Crippen molar-refractivity contribution < 1.29 is 13.6 Å². The van der Waals surface area contributed by atoms with Crippen molar-refractivity contribution in [3.8, 4) is 0 Å². The van der Waals surface area contributed by atoms with E-state index in [1.165, 1.54) is 6.07 Å². The average molecular weight is 297 g/mol. The van der Waals surface area contributed by atoms with Crippen LogP contribution in [0.15, 0.2) is 36.4 Å². The second kappa shape index (κ2) is 5.88. The minimum atomic E-state index is -1.03. The Hall–Kier alpha value is -2.14. The molecule has 2 N–H and O–H groups in total. The van der Waals surface area contributed by atoms with Crippen LogP contribution in [0.2, 0.25) is 5.02 Å². The van der Waals surface area contributed by atoms with Crippen molar-refractivity contribution >= 4 is 29.0 Å². The zero-order valence-electron chi connectivity index (χ0n) is 10.5. The van der Waals surface area contributed by atoms with Gasteiger partial charge in [0.25, 0.3) is 0 Å². The Balaban J connectivity index is 2.04. The topological polar surface area (TPSA) is 41.1 Å². The van der Waals surface area contributed by atoms with E-state index in [0.717, 1.165) is 17.7 Å².